The van der Waals surface area contributed by atoms with E-state index < -0.39 is 97.4 Å². The zero-order chi connectivity index (χ0) is 38.0. The van der Waals surface area contributed by atoms with Gasteiger partial charge in [-0.05, 0) is 25.0 Å². The topological polar surface area (TPSA) is 178 Å². The van der Waals surface area contributed by atoms with E-state index in [0.29, 0.717) is 5.56 Å². The number of hydrogen-bond donors (Lipinski definition) is 0. The van der Waals surface area contributed by atoms with Crippen LogP contribution in [0.3, 0.4) is 0 Å². The van der Waals surface area contributed by atoms with Crippen LogP contribution in [0.15, 0.2) is 60.7 Å². The van der Waals surface area contributed by atoms with E-state index in [0.717, 1.165) is 40.2 Å². The van der Waals surface area contributed by atoms with Gasteiger partial charge >= 0.3 is 29.8 Å². The highest BCUT2D eigenvalue weighted by Crippen LogP contribution is 2.42. The standard InChI is InChI=1S/C37H46O15/c1-21(38)43-20-28(46-22(2)39)29(44-18-26-14-10-8-11-15-26)31(47-23(3)40)33(48-24(4)41)34(49-25(5)42)32-30(45-19-27-16-12-9-13-17-27)35-36(50-32)52-37(6,7)51-35/h8-17,28-36H,18-20H2,1-7H3/t28-,29+,30-,31-,32-,33-,34-,35+,36+/m0/s1. The molecule has 0 aliphatic carbocycles. The predicted molar refractivity (Wildman–Crippen MR) is 178 cm³/mol. The lowest BCUT2D eigenvalue weighted by atomic mass is 9.92. The number of esters is 5. The number of benzene rings is 2. The molecule has 0 bridgehead atoms. The van der Waals surface area contributed by atoms with Gasteiger partial charge in [0.2, 0.25) is 0 Å². The third kappa shape index (κ3) is 11.5. The van der Waals surface area contributed by atoms with Crippen LogP contribution in [0.4, 0.5) is 0 Å². The molecule has 2 heterocycles. The summed E-state index contributed by atoms with van der Waals surface area (Å²) >= 11 is 0. The van der Waals surface area contributed by atoms with E-state index in [1.165, 1.54) is 0 Å². The van der Waals surface area contributed by atoms with Crippen molar-refractivity contribution in [1.29, 1.82) is 0 Å². The fraction of sp³-hybridized carbons (Fsp3) is 0.541. The van der Waals surface area contributed by atoms with Crippen LogP contribution in [0, 0.1) is 0 Å². The fourth-order valence-electron chi connectivity index (χ4n) is 6.05. The van der Waals surface area contributed by atoms with Gasteiger partial charge in [0.15, 0.2) is 36.5 Å². The zero-order valence-electron chi connectivity index (χ0n) is 30.2. The normalized spacial score (nSPS) is 23.2. The summed E-state index contributed by atoms with van der Waals surface area (Å²) in [6.45, 7) is 8.44. The van der Waals surface area contributed by atoms with Crippen molar-refractivity contribution >= 4 is 29.8 Å². The maximum absolute atomic E-state index is 12.9. The van der Waals surface area contributed by atoms with E-state index in [-0.39, 0.29) is 13.2 Å². The second-order valence-corrected chi connectivity index (χ2v) is 12.8. The highest BCUT2D eigenvalue weighted by molar-refractivity contribution is 5.69. The second kappa shape index (κ2) is 18.4. The summed E-state index contributed by atoms with van der Waals surface area (Å²) in [5.74, 6) is -5.09. The summed E-state index contributed by atoms with van der Waals surface area (Å²) in [4.78, 5) is 62.9. The van der Waals surface area contributed by atoms with Crippen LogP contribution in [0.1, 0.15) is 59.6 Å². The van der Waals surface area contributed by atoms with Gasteiger partial charge in [0.25, 0.3) is 0 Å². The van der Waals surface area contributed by atoms with Crippen molar-refractivity contribution in [3.63, 3.8) is 0 Å². The van der Waals surface area contributed by atoms with Crippen LogP contribution in [0.25, 0.3) is 0 Å². The number of fused-ring (bicyclic) bond motifs is 1. The molecule has 15 heteroatoms. The lowest BCUT2D eigenvalue weighted by molar-refractivity contribution is -0.253. The van der Waals surface area contributed by atoms with Crippen LogP contribution in [0.2, 0.25) is 0 Å². The molecule has 0 spiro atoms. The Balaban J connectivity index is 1.83. The zero-order valence-corrected chi connectivity index (χ0v) is 30.2. The van der Waals surface area contributed by atoms with Crippen molar-refractivity contribution in [1.82, 2.24) is 0 Å². The molecule has 2 aliphatic rings. The molecule has 52 heavy (non-hydrogen) atoms. The van der Waals surface area contributed by atoms with Crippen LogP contribution in [-0.4, -0.2) is 97.4 Å². The Labute approximate surface area is 302 Å². The highest BCUT2D eigenvalue weighted by Gasteiger charge is 2.61. The Morgan fingerprint density at radius 3 is 1.73 bits per heavy atom. The molecule has 0 unspecified atom stereocenters. The summed E-state index contributed by atoms with van der Waals surface area (Å²) in [5.41, 5.74) is 1.48. The molecule has 4 rings (SSSR count). The Bertz CT molecular complexity index is 1510. The third-order valence-electron chi connectivity index (χ3n) is 7.93. The van der Waals surface area contributed by atoms with Crippen molar-refractivity contribution in [3.05, 3.63) is 71.8 Å². The molecule has 0 saturated carbocycles. The maximum atomic E-state index is 12.9. The predicted octanol–water partition coefficient (Wildman–Crippen LogP) is 3.32. The number of carbonyl (C=O) groups is 5. The highest BCUT2D eigenvalue weighted by atomic mass is 16.8. The number of carbonyl (C=O) groups excluding carboxylic acids is 5. The van der Waals surface area contributed by atoms with Gasteiger partial charge in [-0.1, -0.05) is 60.7 Å². The molecule has 0 N–H and O–H groups in total. The summed E-state index contributed by atoms with van der Waals surface area (Å²) in [5, 5.41) is 0. The molecular weight excluding hydrogens is 684 g/mol. The maximum Gasteiger partial charge on any atom is 0.303 e. The molecular formula is C37H46O15. The molecule has 2 aliphatic heterocycles. The first kappa shape index (κ1) is 40.4. The van der Waals surface area contributed by atoms with Gasteiger partial charge in [-0.15, -0.1) is 0 Å². The summed E-state index contributed by atoms with van der Waals surface area (Å²) in [7, 11) is 0. The number of rotatable bonds is 17. The largest absolute Gasteiger partial charge is 0.462 e. The first-order chi connectivity index (χ1) is 24.6. The summed E-state index contributed by atoms with van der Waals surface area (Å²) in [6, 6.07) is 18.1. The molecule has 284 valence electrons. The minimum atomic E-state index is -1.69. The molecule has 0 aromatic heterocycles. The number of ether oxygens (including phenoxy) is 10. The van der Waals surface area contributed by atoms with Gasteiger partial charge in [-0.3, -0.25) is 24.0 Å². The van der Waals surface area contributed by atoms with Crippen molar-refractivity contribution in [2.24, 2.45) is 0 Å². The molecule has 2 saturated heterocycles. The van der Waals surface area contributed by atoms with Crippen molar-refractivity contribution in [2.75, 3.05) is 6.61 Å². The van der Waals surface area contributed by atoms with Crippen LogP contribution in [0.5, 0.6) is 0 Å². The minimum Gasteiger partial charge on any atom is -0.462 e. The SMILES string of the molecule is CC(=O)OC[C@H](OC(C)=O)[C@@H](OCc1ccccc1)[C@H](OC(C)=O)[C@H](OC(C)=O)[C@@H](OC(C)=O)[C@H]1O[C@@H]2OC(C)(C)O[C@@H]2[C@H]1OCc1ccccc1. The summed E-state index contributed by atoms with van der Waals surface area (Å²) < 4.78 is 59.5. The first-order valence-electron chi connectivity index (χ1n) is 16.8. The van der Waals surface area contributed by atoms with Crippen molar-refractivity contribution in [2.45, 2.75) is 123 Å². The lowest BCUT2D eigenvalue weighted by Crippen LogP contribution is -2.60. The summed E-state index contributed by atoms with van der Waals surface area (Å²) in [6.07, 6.45) is -12.0. The van der Waals surface area contributed by atoms with Crippen LogP contribution < -0.4 is 0 Å². The van der Waals surface area contributed by atoms with E-state index >= 15 is 0 Å². The quantitative estimate of drug-likeness (QED) is 0.171. The molecule has 9 atom stereocenters. The average Bonchev–Trinajstić information content (AvgIpc) is 3.55. The third-order valence-corrected chi connectivity index (χ3v) is 7.93. The first-order valence-corrected chi connectivity index (χ1v) is 16.8. The van der Waals surface area contributed by atoms with Crippen LogP contribution in [-0.2, 0) is 84.6 Å². The fourth-order valence-corrected chi connectivity index (χ4v) is 6.05. The van der Waals surface area contributed by atoms with Gasteiger partial charge < -0.3 is 47.4 Å². The van der Waals surface area contributed by atoms with Crippen molar-refractivity contribution in [3.8, 4) is 0 Å². The second-order valence-electron chi connectivity index (χ2n) is 12.8. The molecule has 2 aromatic carbocycles. The molecule has 0 amide bonds. The molecule has 2 aromatic rings. The van der Waals surface area contributed by atoms with E-state index in [1.807, 2.05) is 30.3 Å². The minimum absolute atomic E-state index is 0.0799. The van der Waals surface area contributed by atoms with E-state index in [4.69, 9.17) is 47.4 Å². The average molecular weight is 731 g/mol. The number of hydrogen-bond acceptors (Lipinski definition) is 15. The monoisotopic (exact) mass is 730 g/mol. The van der Waals surface area contributed by atoms with Gasteiger partial charge in [0.1, 0.15) is 31.0 Å². The molecule has 15 nitrogen and oxygen atoms in total. The Hall–Kier alpha value is -4.41. The Morgan fingerprint density at radius 1 is 0.654 bits per heavy atom. The van der Waals surface area contributed by atoms with E-state index in [1.54, 1.807) is 44.2 Å². The van der Waals surface area contributed by atoms with Gasteiger partial charge in [0.05, 0.1) is 13.2 Å². The van der Waals surface area contributed by atoms with Crippen LogP contribution >= 0.6 is 0 Å². The van der Waals surface area contributed by atoms with E-state index in [9.17, 15) is 24.0 Å². The van der Waals surface area contributed by atoms with Gasteiger partial charge in [0, 0.05) is 34.6 Å². The smallest absolute Gasteiger partial charge is 0.303 e. The van der Waals surface area contributed by atoms with Gasteiger partial charge in [-0.25, -0.2) is 0 Å². The Kier molecular flexibility index (Phi) is 14.3. The van der Waals surface area contributed by atoms with Gasteiger partial charge in [-0.2, -0.15) is 0 Å². The van der Waals surface area contributed by atoms with Crippen molar-refractivity contribution < 1.29 is 71.3 Å². The van der Waals surface area contributed by atoms with E-state index in [2.05, 4.69) is 0 Å². The lowest BCUT2D eigenvalue weighted by Gasteiger charge is -2.40. The molecule has 0 radical (unpaired) electrons. The molecule has 2 fully saturated rings. The Morgan fingerprint density at radius 2 is 1.19 bits per heavy atom.